The van der Waals surface area contributed by atoms with Crippen LogP contribution in [0.2, 0.25) is 5.02 Å². The second kappa shape index (κ2) is 7.15. The summed E-state index contributed by atoms with van der Waals surface area (Å²) in [5, 5.41) is 4.38. The quantitative estimate of drug-likeness (QED) is 0.722. The topological polar surface area (TPSA) is 56.1 Å². The molecule has 0 aliphatic carbocycles. The van der Waals surface area contributed by atoms with Gasteiger partial charge in [0.1, 0.15) is 17.3 Å². The average molecular weight is 358 g/mol. The fourth-order valence-electron chi connectivity index (χ4n) is 3.00. The standard InChI is InChI=1S/C19H20ClN3O2/c1-4-23-16-8-7-14(25-5-2)10-15(16)12(3)18(23)19(24)22-17-9-6-13(20)11-21-17/h6-11H,4-5H2,1-3H3,(H,21,22,24). The maximum atomic E-state index is 12.8. The molecule has 0 saturated carbocycles. The van der Waals surface area contributed by atoms with E-state index in [1.807, 2.05) is 43.5 Å². The molecule has 0 fully saturated rings. The number of pyridine rings is 1. The molecule has 1 amide bonds. The number of aryl methyl sites for hydroxylation is 2. The van der Waals surface area contributed by atoms with Crippen LogP contribution in [-0.4, -0.2) is 22.1 Å². The summed E-state index contributed by atoms with van der Waals surface area (Å²) in [6, 6.07) is 9.29. The number of fused-ring (bicyclic) bond motifs is 1. The van der Waals surface area contributed by atoms with Gasteiger partial charge < -0.3 is 14.6 Å². The van der Waals surface area contributed by atoms with Gasteiger partial charge in [0.25, 0.3) is 5.91 Å². The minimum Gasteiger partial charge on any atom is -0.494 e. The molecule has 5 nitrogen and oxygen atoms in total. The van der Waals surface area contributed by atoms with Gasteiger partial charge in [0.05, 0.1) is 11.6 Å². The number of halogens is 1. The fourth-order valence-corrected chi connectivity index (χ4v) is 3.12. The SMILES string of the molecule is CCOc1ccc2c(c1)c(C)c(C(=O)Nc1ccc(Cl)cn1)n2CC. The van der Waals surface area contributed by atoms with Crippen molar-refractivity contribution >= 4 is 34.2 Å². The zero-order valence-corrected chi connectivity index (χ0v) is 15.2. The van der Waals surface area contributed by atoms with Gasteiger partial charge in [-0.2, -0.15) is 0 Å². The summed E-state index contributed by atoms with van der Waals surface area (Å²) >= 11 is 5.84. The molecule has 6 heteroatoms. The Kier molecular flexibility index (Phi) is 4.95. The van der Waals surface area contributed by atoms with Crippen molar-refractivity contribution in [1.29, 1.82) is 0 Å². The van der Waals surface area contributed by atoms with Crippen molar-refractivity contribution in [3.63, 3.8) is 0 Å². The van der Waals surface area contributed by atoms with E-state index < -0.39 is 0 Å². The van der Waals surface area contributed by atoms with Gasteiger partial charge in [0.2, 0.25) is 0 Å². The van der Waals surface area contributed by atoms with Crippen molar-refractivity contribution in [3.8, 4) is 5.75 Å². The molecule has 0 atom stereocenters. The third-order valence-electron chi connectivity index (χ3n) is 4.10. The van der Waals surface area contributed by atoms with Crippen molar-refractivity contribution in [2.75, 3.05) is 11.9 Å². The predicted molar refractivity (Wildman–Crippen MR) is 101 cm³/mol. The first-order valence-corrected chi connectivity index (χ1v) is 8.61. The molecule has 0 spiro atoms. The van der Waals surface area contributed by atoms with Gasteiger partial charge in [-0.25, -0.2) is 4.98 Å². The molecule has 0 aliphatic rings. The number of nitrogens with one attached hydrogen (secondary N) is 1. The van der Waals surface area contributed by atoms with Crippen LogP contribution >= 0.6 is 11.6 Å². The summed E-state index contributed by atoms with van der Waals surface area (Å²) in [6.45, 7) is 7.22. The summed E-state index contributed by atoms with van der Waals surface area (Å²) in [4.78, 5) is 17.0. The van der Waals surface area contributed by atoms with Gasteiger partial charge in [-0.15, -0.1) is 0 Å². The molecular weight excluding hydrogens is 338 g/mol. The number of anilines is 1. The lowest BCUT2D eigenvalue weighted by atomic mass is 10.1. The van der Waals surface area contributed by atoms with Gasteiger partial charge in [-0.05, 0) is 56.7 Å². The Bertz CT molecular complexity index is 917. The lowest BCUT2D eigenvalue weighted by molar-refractivity contribution is 0.101. The Morgan fingerprint density at radius 3 is 2.72 bits per heavy atom. The Morgan fingerprint density at radius 1 is 1.28 bits per heavy atom. The van der Waals surface area contributed by atoms with Crippen LogP contribution in [0.5, 0.6) is 5.75 Å². The van der Waals surface area contributed by atoms with E-state index in [4.69, 9.17) is 16.3 Å². The normalized spacial score (nSPS) is 10.9. The third-order valence-corrected chi connectivity index (χ3v) is 4.32. The fraction of sp³-hybridized carbons (Fsp3) is 0.263. The van der Waals surface area contributed by atoms with Crippen LogP contribution in [0.15, 0.2) is 36.5 Å². The highest BCUT2D eigenvalue weighted by Gasteiger charge is 2.20. The summed E-state index contributed by atoms with van der Waals surface area (Å²) in [5.41, 5.74) is 2.56. The highest BCUT2D eigenvalue weighted by molar-refractivity contribution is 6.30. The second-order valence-electron chi connectivity index (χ2n) is 5.65. The third kappa shape index (κ3) is 3.33. The minimum absolute atomic E-state index is 0.191. The van der Waals surface area contributed by atoms with E-state index in [2.05, 4.69) is 10.3 Å². The van der Waals surface area contributed by atoms with Gasteiger partial charge in [0.15, 0.2) is 0 Å². The van der Waals surface area contributed by atoms with Crippen LogP contribution in [0.25, 0.3) is 10.9 Å². The number of aromatic nitrogens is 2. The minimum atomic E-state index is -0.191. The van der Waals surface area contributed by atoms with Crippen LogP contribution in [0.3, 0.4) is 0 Å². The Morgan fingerprint density at radius 2 is 2.08 bits per heavy atom. The number of carbonyl (C=O) groups excluding carboxylic acids is 1. The molecule has 1 aromatic carbocycles. The zero-order chi connectivity index (χ0) is 18.0. The molecule has 25 heavy (non-hydrogen) atoms. The number of amides is 1. The van der Waals surface area contributed by atoms with Crippen LogP contribution in [-0.2, 0) is 6.54 Å². The van der Waals surface area contributed by atoms with Gasteiger partial charge >= 0.3 is 0 Å². The average Bonchev–Trinajstić information content (AvgIpc) is 2.89. The molecule has 0 saturated heterocycles. The molecule has 1 N–H and O–H groups in total. The Hall–Kier alpha value is -2.53. The number of hydrogen-bond acceptors (Lipinski definition) is 3. The van der Waals surface area contributed by atoms with Crippen LogP contribution in [0, 0.1) is 6.92 Å². The second-order valence-corrected chi connectivity index (χ2v) is 6.08. The Labute approximate surface area is 151 Å². The van der Waals surface area contributed by atoms with Crippen molar-refractivity contribution in [1.82, 2.24) is 9.55 Å². The van der Waals surface area contributed by atoms with Crippen molar-refractivity contribution in [2.45, 2.75) is 27.3 Å². The number of hydrogen-bond donors (Lipinski definition) is 1. The van der Waals surface area contributed by atoms with E-state index >= 15 is 0 Å². The molecule has 0 aliphatic heterocycles. The molecule has 3 aromatic rings. The smallest absolute Gasteiger partial charge is 0.273 e. The van der Waals surface area contributed by atoms with Crippen molar-refractivity contribution in [2.24, 2.45) is 0 Å². The summed E-state index contributed by atoms with van der Waals surface area (Å²) in [6.07, 6.45) is 1.51. The monoisotopic (exact) mass is 357 g/mol. The number of ether oxygens (including phenoxy) is 1. The van der Waals surface area contributed by atoms with E-state index in [-0.39, 0.29) is 5.91 Å². The van der Waals surface area contributed by atoms with Gasteiger partial charge in [-0.1, -0.05) is 11.6 Å². The number of rotatable bonds is 5. The first kappa shape index (κ1) is 17.3. The number of carbonyl (C=O) groups is 1. The summed E-state index contributed by atoms with van der Waals surface area (Å²) in [5.74, 6) is 1.08. The highest BCUT2D eigenvalue weighted by Crippen LogP contribution is 2.29. The molecule has 2 heterocycles. The summed E-state index contributed by atoms with van der Waals surface area (Å²) < 4.78 is 7.59. The Balaban J connectivity index is 2.03. The van der Waals surface area contributed by atoms with E-state index in [0.29, 0.717) is 29.7 Å². The van der Waals surface area contributed by atoms with E-state index in [0.717, 1.165) is 22.2 Å². The van der Waals surface area contributed by atoms with E-state index in [1.54, 1.807) is 12.1 Å². The molecule has 3 rings (SSSR count). The van der Waals surface area contributed by atoms with Gasteiger partial charge in [-0.3, -0.25) is 4.79 Å². The molecule has 2 aromatic heterocycles. The number of benzene rings is 1. The highest BCUT2D eigenvalue weighted by atomic mass is 35.5. The molecule has 0 radical (unpaired) electrons. The van der Waals surface area contributed by atoms with Crippen molar-refractivity contribution < 1.29 is 9.53 Å². The van der Waals surface area contributed by atoms with E-state index in [1.165, 1.54) is 6.20 Å². The lowest BCUT2D eigenvalue weighted by Gasteiger charge is -2.09. The van der Waals surface area contributed by atoms with Crippen LogP contribution in [0.1, 0.15) is 29.9 Å². The van der Waals surface area contributed by atoms with E-state index in [9.17, 15) is 4.79 Å². The maximum Gasteiger partial charge on any atom is 0.273 e. The molecule has 130 valence electrons. The molecule has 0 bridgehead atoms. The first-order valence-electron chi connectivity index (χ1n) is 8.23. The van der Waals surface area contributed by atoms with Crippen LogP contribution in [0.4, 0.5) is 5.82 Å². The first-order chi connectivity index (χ1) is 12.0. The van der Waals surface area contributed by atoms with Gasteiger partial charge in [0, 0.05) is 23.6 Å². The number of nitrogens with zero attached hydrogens (tertiary/aromatic N) is 2. The maximum absolute atomic E-state index is 12.8. The van der Waals surface area contributed by atoms with Crippen molar-refractivity contribution in [3.05, 3.63) is 52.8 Å². The largest absolute Gasteiger partial charge is 0.494 e. The zero-order valence-electron chi connectivity index (χ0n) is 14.5. The summed E-state index contributed by atoms with van der Waals surface area (Å²) in [7, 11) is 0. The predicted octanol–water partition coefficient (Wildman–Crippen LogP) is 4.67. The molecule has 0 unspecified atom stereocenters. The molecular formula is C19H20ClN3O2. The van der Waals surface area contributed by atoms with Crippen LogP contribution < -0.4 is 10.1 Å². The lowest BCUT2D eigenvalue weighted by Crippen LogP contribution is -2.18.